The first-order valence-electron chi connectivity index (χ1n) is 6.15. The van der Waals surface area contributed by atoms with Crippen LogP contribution >= 0.6 is 0 Å². The van der Waals surface area contributed by atoms with Crippen LogP contribution in [0.3, 0.4) is 0 Å². The van der Waals surface area contributed by atoms with Crippen molar-refractivity contribution in [2.45, 2.75) is 20.0 Å². The summed E-state index contributed by atoms with van der Waals surface area (Å²) in [4.78, 5) is 15.1. The third kappa shape index (κ3) is 3.06. The third-order valence-electron chi connectivity index (χ3n) is 2.65. The SMILES string of the molecule is CC(C)Oc1cncc(-c2ccc(O)c(C(=O)O)c2)c1. The lowest BCUT2D eigenvalue weighted by atomic mass is 10.0. The van der Waals surface area contributed by atoms with Crippen molar-refractivity contribution in [3.63, 3.8) is 0 Å². The zero-order valence-corrected chi connectivity index (χ0v) is 11.2. The number of aromatic nitrogens is 1. The van der Waals surface area contributed by atoms with Crippen LogP contribution in [0.15, 0.2) is 36.7 Å². The van der Waals surface area contributed by atoms with Crippen LogP contribution in [0.5, 0.6) is 11.5 Å². The quantitative estimate of drug-likeness (QED) is 0.895. The van der Waals surface area contributed by atoms with Gasteiger partial charge in [0.25, 0.3) is 0 Å². The molecule has 0 aliphatic heterocycles. The summed E-state index contributed by atoms with van der Waals surface area (Å²) in [5, 5.41) is 18.5. The molecule has 0 radical (unpaired) electrons. The van der Waals surface area contributed by atoms with Gasteiger partial charge in [-0.25, -0.2) is 4.79 Å². The van der Waals surface area contributed by atoms with Crippen molar-refractivity contribution in [2.75, 3.05) is 0 Å². The fraction of sp³-hybridized carbons (Fsp3) is 0.200. The van der Waals surface area contributed by atoms with Crippen molar-refractivity contribution in [3.8, 4) is 22.6 Å². The Hall–Kier alpha value is -2.56. The lowest BCUT2D eigenvalue weighted by Gasteiger charge is -2.11. The van der Waals surface area contributed by atoms with Crippen molar-refractivity contribution >= 4 is 5.97 Å². The second kappa shape index (κ2) is 5.61. The molecule has 5 heteroatoms. The van der Waals surface area contributed by atoms with E-state index >= 15 is 0 Å². The summed E-state index contributed by atoms with van der Waals surface area (Å²) >= 11 is 0. The Morgan fingerprint density at radius 1 is 1.20 bits per heavy atom. The highest BCUT2D eigenvalue weighted by Gasteiger charge is 2.11. The van der Waals surface area contributed by atoms with Gasteiger partial charge in [0.15, 0.2) is 0 Å². The summed E-state index contributed by atoms with van der Waals surface area (Å²) in [5.41, 5.74) is 1.24. The minimum atomic E-state index is -1.17. The Kier molecular flexibility index (Phi) is 3.89. The van der Waals surface area contributed by atoms with E-state index in [1.54, 1.807) is 24.5 Å². The third-order valence-corrected chi connectivity index (χ3v) is 2.65. The molecule has 1 aromatic carbocycles. The van der Waals surface area contributed by atoms with Gasteiger partial charge in [-0.1, -0.05) is 6.07 Å². The van der Waals surface area contributed by atoms with Gasteiger partial charge in [-0.3, -0.25) is 4.98 Å². The summed E-state index contributed by atoms with van der Waals surface area (Å²) in [5.74, 6) is -0.821. The van der Waals surface area contributed by atoms with Crippen LogP contribution in [0, 0.1) is 0 Å². The largest absolute Gasteiger partial charge is 0.507 e. The van der Waals surface area contributed by atoms with Gasteiger partial charge in [0.05, 0.1) is 12.3 Å². The smallest absolute Gasteiger partial charge is 0.339 e. The first kappa shape index (κ1) is 13.9. The molecule has 2 N–H and O–H groups in total. The van der Waals surface area contributed by atoms with Gasteiger partial charge in [-0.15, -0.1) is 0 Å². The van der Waals surface area contributed by atoms with Gasteiger partial charge in [0, 0.05) is 11.8 Å². The summed E-state index contributed by atoms with van der Waals surface area (Å²) in [7, 11) is 0. The molecular weight excluding hydrogens is 258 g/mol. The molecule has 1 heterocycles. The first-order chi connectivity index (χ1) is 9.47. The lowest BCUT2D eigenvalue weighted by molar-refractivity contribution is 0.0694. The van der Waals surface area contributed by atoms with E-state index in [4.69, 9.17) is 9.84 Å². The van der Waals surface area contributed by atoms with Crippen molar-refractivity contribution in [2.24, 2.45) is 0 Å². The van der Waals surface area contributed by atoms with Gasteiger partial charge in [0.1, 0.15) is 17.1 Å². The van der Waals surface area contributed by atoms with Crippen molar-refractivity contribution < 1.29 is 19.7 Å². The van der Waals surface area contributed by atoms with Gasteiger partial charge >= 0.3 is 5.97 Å². The standard InChI is InChI=1S/C15H15NO4/c1-9(2)20-12-5-11(7-16-8-12)10-3-4-14(17)13(6-10)15(18)19/h3-9,17H,1-2H3,(H,18,19). The van der Waals surface area contributed by atoms with Crippen molar-refractivity contribution in [1.29, 1.82) is 0 Å². The number of benzene rings is 1. The van der Waals surface area contributed by atoms with E-state index in [-0.39, 0.29) is 17.4 Å². The number of hydrogen-bond donors (Lipinski definition) is 2. The van der Waals surface area contributed by atoms with E-state index < -0.39 is 5.97 Å². The minimum absolute atomic E-state index is 0.0291. The number of carboxylic acid groups (broad SMARTS) is 1. The van der Waals surface area contributed by atoms with Crippen LogP contribution in [0.1, 0.15) is 24.2 Å². The maximum Gasteiger partial charge on any atom is 0.339 e. The number of rotatable bonds is 4. The zero-order valence-electron chi connectivity index (χ0n) is 11.2. The number of hydrogen-bond acceptors (Lipinski definition) is 4. The van der Waals surface area contributed by atoms with Crippen molar-refractivity contribution in [1.82, 2.24) is 4.98 Å². The summed E-state index contributed by atoms with van der Waals surface area (Å²) in [6, 6.07) is 6.19. The maximum absolute atomic E-state index is 11.0. The summed E-state index contributed by atoms with van der Waals surface area (Å²) < 4.78 is 5.55. The van der Waals surface area contributed by atoms with E-state index in [0.717, 1.165) is 5.56 Å². The van der Waals surface area contributed by atoms with Gasteiger partial charge in [-0.2, -0.15) is 0 Å². The average Bonchev–Trinajstić information content (AvgIpc) is 2.38. The van der Waals surface area contributed by atoms with Gasteiger partial charge in [0.2, 0.25) is 0 Å². The molecule has 0 saturated carbocycles. The molecule has 2 rings (SSSR count). The normalized spacial score (nSPS) is 10.6. The molecule has 20 heavy (non-hydrogen) atoms. The highest BCUT2D eigenvalue weighted by Crippen LogP contribution is 2.27. The summed E-state index contributed by atoms with van der Waals surface area (Å²) in [6.07, 6.45) is 3.24. The topological polar surface area (TPSA) is 79.7 Å². The molecule has 5 nitrogen and oxygen atoms in total. The Labute approximate surface area is 116 Å². The molecule has 0 aliphatic rings. The number of phenols is 1. The molecule has 1 aromatic heterocycles. The number of aromatic hydroxyl groups is 1. The van der Waals surface area contributed by atoms with E-state index in [0.29, 0.717) is 11.3 Å². The Balaban J connectivity index is 2.41. The number of nitrogens with zero attached hydrogens (tertiary/aromatic N) is 1. The second-order valence-electron chi connectivity index (χ2n) is 4.61. The Morgan fingerprint density at radius 3 is 2.60 bits per heavy atom. The number of pyridine rings is 1. The predicted molar refractivity (Wildman–Crippen MR) is 74.1 cm³/mol. The van der Waals surface area contributed by atoms with Crippen LogP contribution < -0.4 is 4.74 Å². The molecule has 0 fully saturated rings. The van der Waals surface area contributed by atoms with Crippen LogP contribution in [0.2, 0.25) is 0 Å². The number of carbonyl (C=O) groups is 1. The summed E-state index contributed by atoms with van der Waals surface area (Å²) in [6.45, 7) is 3.82. The van der Waals surface area contributed by atoms with Gasteiger partial charge in [-0.05, 0) is 37.6 Å². The molecular formula is C15H15NO4. The van der Waals surface area contributed by atoms with E-state index in [9.17, 15) is 9.90 Å². The van der Waals surface area contributed by atoms with E-state index in [2.05, 4.69) is 4.98 Å². The average molecular weight is 273 g/mol. The molecule has 0 amide bonds. The first-order valence-corrected chi connectivity index (χ1v) is 6.15. The molecule has 0 unspecified atom stereocenters. The highest BCUT2D eigenvalue weighted by molar-refractivity contribution is 5.92. The number of carboxylic acids is 1. The Bertz CT molecular complexity index is 638. The van der Waals surface area contributed by atoms with Gasteiger partial charge < -0.3 is 14.9 Å². The molecule has 0 bridgehead atoms. The number of ether oxygens (including phenoxy) is 1. The number of aromatic carboxylic acids is 1. The fourth-order valence-corrected chi connectivity index (χ4v) is 1.80. The second-order valence-corrected chi connectivity index (χ2v) is 4.61. The molecule has 0 aliphatic carbocycles. The van der Waals surface area contributed by atoms with Crippen LogP contribution in [0.25, 0.3) is 11.1 Å². The lowest BCUT2D eigenvalue weighted by Crippen LogP contribution is -2.05. The van der Waals surface area contributed by atoms with Crippen LogP contribution in [-0.4, -0.2) is 27.3 Å². The molecule has 0 atom stereocenters. The van der Waals surface area contributed by atoms with Crippen LogP contribution in [0.4, 0.5) is 0 Å². The molecule has 0 saturated heterocycles. The molecule has 104 valence electrons. The van der Waals surface area contributed by atoms with Crippen molar-refractivity contribution in [3.05, 3.63) is 42.2 Å². The highest BCUT2D eigenvalue weighted by atomic mass is 16.5. The Morgan fingerprint density at radius 2 is 1.95 bits per heavy atom. The van der Waals surface area contributed by atoms with E-state index in [1.165, 1.54) is 12.1 Å². The van der Waals surface area contributed by atoms with E-state index in [1.807, 2.05) is 13.8 Å². The van der Waals surface area contributed by atoms with Crippen LogP contribution in [-0.2, 0) is 0 Å². The zero-order chi connectivity index (χ0) is 14.7. The predicted octanol–water partition coefficient (Wildman–Crippen LogP) is 2.94. The maximum atomic E-state index is 11.0. The fourth-order valence-electron chi connectivity index (χ4n) is 1.80. The molecule has 0 spiro atoms. The minimum Gasteiger partial charge on any atom is -0.507 e. The monoisotopic (exact) mass is 273 g/mol. The molecule has 2 aromatic rings.